The lowest BCUT2D eigenvalue weighted by Gasteiger charge is -2.54. The maximum Gasteiger partial charge on any atom is 0.328 e. The number of imide groups is 2. The molecule has 0 saturated carbocycles. The Kier molecular flexibility index (Phi) is 4.62. The van der Waals surface area contributed by atoms with Crippen molar-refractivity contribution < 1.29 is 24.1 Å². The van der Waals surface area contributed by atoms with Crippen LogP contribution in [0.1, 0.15) is 15.9 Å². The minimum absolute atomic E-state index is 0.0686. The fraction of sp³-hybridized carbons (Fsp3) is 0.273. The van der Waals surface area contributed by atoms with Gasteiger partial charge in [0.1, 0.15) is 0 Å². The predicted molar refractivity (Wildman–Crippen MR) is 114 cm³/mol. The normalized spacial score (nSPS) is 21.1. The highest BCUT2D eigenvalue weighted by Crippen LogP contribution is 2.45. The Morgan fingerprint density at radius 2 is 1.73 bits per heavy atom. The molecule has 0 aromatic heterocycles. The molecule has 3 aliphatic heterocycles. The van der Waals surface area contributed by atoms with Gasteiger partial charge in [0.05, 0.1) is 11.0 Å². The summed E-state index contributed by atoms with van der Waals surface area (Å²) >= 11 is 0. The maximum atomic E-state index is 13.2. The fourth-order valence-electron chi connectivity index (χ4n) is 4.99. The number of carbonyl (C=O) groups is 4. The average molecular weight is 449 g/mol. The minimum Gasteiger partial charge on any atom is -0.363 e. The molecule has 0 radical (unpaired) electrons. The summed E-state index contributed by atoms with van der Waals surface area (Å²) < 4.78 is 0. The number of fused-ring (bicyclic) bond motifs is 4. The molecule has 5 rings (SSSR count). The van der Waals surface area contributed by atoms with Crippen molar-refractivity contribution in [3.63, 3.8) is 0 Å². The Morgan fingerprint density at radius 3 is 2.39 bits per heavy atom. The number of rotatable bonds is 2. The highest BCUT2D eigenvalue weighted by atomic mass is 16.6. The smallest absolute Gasteiger partial charge is 0.328 e. The number of hydrogen-bond donors (Lipinski definition) is 2. The maximum absolute atomic E-state index is 13.2. The molecule has 2 saturated heterocycles. The highest BCUT2D eigenvalue weighted by Gasteiger charge is 2.61. The Morgan fingerprint density at radius 1 is 1.03 bits per heavy atom. The molecule has 0 bridgehead atoms. The number of nitrogens with zero attached hydrogens (tertiary/aromatic N) is 3. The number of nitro benzene ring substituents is 1. The van der Waals surface area contributed by atoms with Gasteiger partial charge in [-0.15, -0.1) is 0 Å². The molecule has 168 valence electrons. The first-order chi connectivity index (χ1) is 15.8. The van der Waals surface area contributed by atoms with E-state index in [2.05, 4.69) is 10.6 Å². The zero-order chi connectivity index (χ0) is 23.3. The number of non-ortho nitro benzene ring substituents is 1. The summed E-state index contributed by atoms with van der Waals surface area (Å²) in [5.74, 6) is -1.79. The minimum atomic E-state index is -1.73. The molecule has 1 spiro atoms. The van der Waals surface area contributed by atoms with Gasteiger partial charge in [-0.25, -0.2) is 4.79 Å². The third-order valence-corrected chi connectivity index (χ3v) is 6.57. The number of piperazine rings is 1. The van der Waals surface area contributed by atoms with Gasteiger partial charge in [0, 0.05) is 49.4 Å². The second-order valence-electron chi connectivity index (χ2n) is 8.28. The first-order valence-corrected chi connectivity index (χ1v) is 10.4. The Balaban J connectivity index is 1.59. The monoisotopic (exact) mass is 449 g/mol. The Bertz CT molecular complexity index is 1190. The molecular formula is C22H19N5O6. The second-order valence-corrected chi connectivity index (χ2v) is 8.28. The van der Waals surface area contributed by atoms with Crippen LogP contribution in [0.4, 0.5) is 16.2 Å². The summed E-state index contributed by atoms with van der Waals surface area (Å²) in [4.78, 5) is 65.4. The average Bonchev–Trinajstić information content (AvgIpc) is 2.81. The predicted octanol–water partition coefficient (Wildman–Crippen LogP) is 0.834. The van der Waals surface area contributed by atoms with Crippen LogP contribution in [0.25, 0.3) is 0 Å². The molecule has 2 aromatic carbocycles. The van der Waals surface area contributed by atoms with Crippen molar-refractivity contribution in [1.29, 1.82) is 0 Å². The van der Waals surface area contributed by atoms with E-state index in [0.29, 0.717) is 29.9 Å². The van der Waals surface area contributed by atoms with Gasteiger partial charge >= 0.3 is 6.03 Å². The van der Waals surface area contributed by atoms with Gasteiger partial charge in [0.2, 0.25) is 11.8 Å². The zero-order valence-corrected chi connectivity index (χ0v) is 17.3. The Hall–Kier alpha value is -4.28. The molecule has 3 heterocycles. The van der Waals surface area contributed by atoms with Crippen LogP contribution in [-0.2, 0) is 16.0 Å². The number of benzene rings is 2. The lowest BCUT2D eigenvalue weighted by Crippen LogP contribution is -2.75. The molecule has 11 nitrogen and oxygen atoms in total. The summed E-state index contributed by atoms with van der Waals surface area (Å²) in [5.41, 5.74) is -0.276. The van der Waals surface area contributed by atoms with Crippen LogP contribution in [0.3, 0.4) is 0 Å². The van der Waals surface area contributed by atoms with E-state index in [1.165, 1.54) is 12.1 Å². The van der Waals surface area contributed by atoms with Crippen molar-refractivity contribution in [2.75, 3.05) is 24.5 Å². The number of amides is 5. The molecule has 1 atom stereocenters. The van der Waals surface area contributed by atoms with Gasteiger partial charge in [-0.1, -0.05) is 18.2 Å². The molecule has 11 heteroatoms. The van der Waals surface area contributed by atoms with E-state index in [-0.39, 0.29) is 24.6 Å². The van der Waals surface area contributed by atoms with E-state index in [9.17, 15) is 29.3 Å². The van der Waals surface area contributed by atoms with Crippen molar-refractivity contribution >= 4 is 35.1 Å². The lowest BCUT2D eigenvalue weighted by molar-refractivity contribution is -0.384. The van der Waals surface area contributed by atoms with Crippen LogP contribution in [0.5, 0.6) is 0 Å². The summed E-state index contributed by atoms with van der Waals surface area (Å²) in [6.45, 7) is 0.711. The number of anilines is 1. The molecule has 0 aliphatic carbocycles. The van der Waals surface area contributed by atoms with E-state index in [1.54, 1.807) is 41.3 Å². The zero-order valence-electron chi connectivity index (χ0n) is 17.3. The van der Waals surface area contributed by atoms with E-state index in [0.717, 1.165) is 0 Å². The molecule has 2 aromatic rings. The van der Waals surface area contributed by atoms with E-state index in [4.69, 9.17) is 0 Å². The van der Waals surface area contributed by atoms with Gasteiger partial charge < -0.3 is 9.80 Å². The van der Waals surface area contributed by atoms with Gasteiger partial charge in [-0.3, -0.25) is 35.1 Å². The standard InChI is InChI=1S/C22H19N5O6/c28-18(13-4-2-1-3-5-13)25-8-9-26-16-7-6-15(27(32)33)10-14(16)11-22(17(26)12-25)19(29)23-21(31)24-20(22)30/h1-7,10,17H,8-9,11-12H2,(H2,23,24,29,30,31). The van der Waals surface area contributed by atoms with Crippen LogP contribution >= 0.6 is 0 Å². The molecule has 3 aliphatic rings. The lowest BCUT2D eigenvalue weighted by atomic mass is 9.68. The topological polar surface area (TPSA) is 142 Å². The van der Waals surface area contributed by atoms with Crippen LogP contribution in [0, 0.1) is 15.5 Å². The van der Waals surface area contributed by atoms with Crippen molar-refractivity contribution in [1.82, 2.24) is 15.5 Å². The van der Waals surface area contributed by atoms with Gasteiger partial charge in [-0.2, -0.15) is 0 Å². The van der Waals surface area contributed by atoms with Gasteiger partial charge in [-0.05, 0) is 23.8 Å². The van der Waals surface area contributed by atoms with Crippen molar-refractivity contribution in [3.05, 3.63) is 69.8 Å². The van der Waals surface area contributed by atoms with E-state index < -0.39 is 34.2 Å². The Labute approximate surface area is 187 Å². The summed E-state index contributed by atoms with van der Waals surface area (Å²) in [6, 6.07) is 11.3. The fourth-order valence-corrected chi connectivity index (χ4v) is 4.99. The summed E-state index contributed by atoms with van der Waals surface area (Å²) in [7, 11) is 0. The first kappa shape index (κ1) is 20.6. The number of urea groups is 1. The van der Waals surface area contributed by atoms with Crippen molar-refractivity contribution in [3.8, 4) is 0 Å². The third kappa shape index (κ3) is 3.12. The number of barbiturate groups is 1. The third-order valence-electron chi connectivity index (χ3n) is 6.57. The number of nitro groups is 1. The van der Waals surface area contributed by atoms with Crippen molar-refractivity contribution in [2.24, 2.45) is 5.41 Å². The highest BCUT2D eigenvalue weighted by molar-refractivity contribution is 6.20. The SMILES string of the molecule is O=C1NC(=O)C2(Cc3cc([N+](=O)[O-])ccc3N3CCN(C(=O)c4ccccc4)CC32)C(=O)N1. The molecule has 2 N–H and O–H groups in total. The van der Waals surface area contributed by atoms with Gasteiger partial charge in [0.15, 0.2) is 5.41 Å². The van der Waals surface area contributed by atoms with Crippen LogP contribution in [0.2, 0.25) is 0 Å². The van der Waals surface area contributed by atoms with E-state index in [1.807, 2.05) is 4.90 Å². The number of carbonyl (C=O) groups excluding carboxylic acids is 4. The number of nitrogens with one attached hydrogen (secondary N) is 2. The molecule has 1 unspecified atom stereocenters. The van der Waals surface area contributed by atoms with Crippen molar-refractivity contribution in [2.45, 2.75) is 12.5 Å². The molecule has 33 heavy (non-hydrogen) atoms. The van der Waals surface area contributed by atoms with Crippen LogP contribution in [0.15, 0.2) is 48.5 Å². The molecular weight excluding hydrogens is 430 g/mol. The molecule has 2 fully saturated rings. The largest absolute Gasteiger partial charge is 0.363 e. The number of hydrogen-bond acceptors (Lipinski definition) is 7. The second kappa shape index (κ2) is 7.40. The van der Waals surface area contributed by atoms with Gasteiger partial charge in [0.25, 0.3) is 11.6 Å². The van der Waals surface area contributed by atoms with Crippen LogP contribution in [-0.4, -0.2) is 59.3 Å². The van der Waals surface area contributed by atoms with E-state index >= 15 is 0 Å². The first-order valence-electron chi connectivity index (χ1n) is 10.4. The summed E-state index contributed by atoms with van der Waals surface area (Å²) in [6.07, 6.45) is -0.135. The quantitative estimate of drug-likeness (QED) is 0.393. The van der Waals surface area contributed by atoms with Crippen LogP contribution < -0.4 is 15.5 Å². The molecule has 5 amide bonds. The summed E-state index contributed by atoms with van der Waals surface area (Å²) in [5, 5.41) is 15.7.